The van der Waals surface area contributed by atoms with Crippen LogP contribution in [-0.4, -0.2) is 22.7 Å². The number of nitrogens with one attached hydrogen (secondary N) is 2. The molecule has 0 saturated heterocycles. The van der Waals surface area contributed by atoms with Crippen LogP contribution in [0.3, 0.4) is 0 Å². The van der Waals surface area contributed by atoms with Gasteiger partial charge in [0.1, 0.15) is 5.75 Å². The van der Waals surface area contributed by atoms with Crippen LogP contribution in [0.2, 0.25) is 5.02 Å². The van der Waals surface area contributed by atoms with Crippen LogP contribution in [-0.2, 0) is 4.79 Å². The SMILES string of the molecule is O=C(COc1ccc(Cl)cc1)Nc1ccc(Nc2ccccc2)nn1. The van der Waals surface area contributed by atoms with Gasteiger partial charge in [0.05, 0.1) is 0 Å². The largest absolute Gasteiger partial charge is 0.484 e. The number of ether oxygens (including phenoxy) is 1. The van der Waals surface area contributed by atoms with Crippen LogP contribution < -0.4 is 15.4 Å². The number of nitrogens with zero attached hydrogens (tertiary/aromatic N) is 2. The van der Waals surface area contributed by atoms with Crippen molar-refractivity contribution >= 4 is 34.8 Å². The Morgan fingerprint density at radius 2 is 1.60 bits per heavy atom. The molecule has 1 aromatic heterocycles. The number of carbonyl (C=O) groups is 1. The molecule has 0 aliphatic rings. The van der Waals surface area contributed by atoms with Crippen molar-refractivity contribution in [1.82, 2.24) is 10.2 Å². The van der Waals surface area contributed by atoms with Gasteiger partial charge in [0.25, 0.3) is 5.91 Å². The third kappa shape index (κ3) is 5.19. The van der Waals surface area contributed by atoms with Gasteiger partial charge in [-0.05, 0) is 48.5 Å². The third-order valence-electron chi connectivity index (χ3n) is 3.16. The molecular weight excluding hydrogens is 340 g/mol. The van der Waals surface area contributed by atoms with E-state index in [0.29, 0.717) is 22.4 Å². The lowest BCUT2D eigenvalue weighted by atomic mass is 10.3. The molecule has 0 atom stereocenters. The Hall–Kier alpha value is -3.12. The first kappa shape index (κ1) is 16.7. The Morgan fingerprint density at radius 1 is 0.920 bits per heavy atom. The average Bonchev–Trinajstić information content (AvgIpc) is 2.64. The molecule has 0 unspecified atom stereocenters. The van der Waals surface area contributed by atoms with E-state index >= 15 is 0 Å². The molecule has 1 amide bonds. The first-order valence-corrected chi connectivity index (χ1v) is 7.91. The Labute approximate surface area is 149 Å². The second kappa shape index (κ2) is 8.12. The zero-order chi connectivity index (χ0) is 17.5. The van der Waals surface area contributed by atoms with E-state index in [1.165, 1.54) is 0 Å². The quantitative estimate of drug-likeness (QED) is 0.702. The van der Waals surface area contributed by atoms with Gasteiger partial charge in [-0.15, -0.1) is 10.2 Å². The van der Waals surface area contributed by atoms with Gasteiger partial charge in [0.2, 0.25) is 0 Å². The topological polar surface area (TPSA) is 76.1 Å². The molecular formula is C18H15ClN4O2. The molecule has 0 spiro atoms. The van der Waals surface area contributed by atoms with E-state index < -0.39 is 0 Å². The first-order valence-electron chi connectivity index (χ1n) is 7.53. The molecule has 3 rings (SSSR count). The number of para-hydroxylation sites is 1. The molecule has 2 N–H and O–H groups in total. The van der Waals surface area contributed by atoms with E-state index in [1.54, 1.807) is 36.4 Å². The Bertz CT molecular complexity index is 824. The van der Waals surface area contributed by atoms with Gasteiger partial charge in [0, 0.05) is 10.7 Å². The molecule has 1 heterocycles. The van der Waals surface area contributed by atoms with Gasteiger partial charge in [-0.1, -0.05) is 29.8 Å². The lowest BCUT2D eigenvalue weighted by molar-refractivity contribution is -0.118. The Morgan fingerprint density at radius 3 is 2.28 bits per heavy atom. The molecule has 25 heavy (non-hydrogen) atoms. The van der Waals surface area contributed by atoms with Crippen molar-refractivity contribution < 1.29 is 9.53 Å². The van der Waals surface area contributed by atoms with E-state index in [-0.39, 0.29) is 12.5 Å². The number of anilines is 3. The summed E-state index contributed by atoms with van der Waals surface area (Å²) in [4.78, 5) is 11.9. The fraction of sp³-hybridized carbons (Fsp3) is 0.0556. The number of hydrogen-bond donors (Lipinski definition) is 2. The molecule has 6 nitrogen and oxygen atoms in total. The van der Waals surface area contributed by atoms with Crippen molar-refractivity contribution in [3.05, 3.63) is 71.8 Å². The van der Waals surface area contributed by atoms with Crippen molar-refractivity contribution in [3.8, 4) is 5.75 Å². The second-order valence-corrected chi connectivity index (χ2v) is 5.52. The van der Waals surface area contributed by atoms with Crippen molar-refractivity contribution in [3.63, 3.8) is 0 Å². The monoisotopic (exact) mass is 354 g/mol. The van der Waals surface area contributed by atoms with Gasteiger partial charge in [-0.25, -0.2) is 0 Å². The number of hydrogen-bond acceptors (Lipinski definition) is 5. The van der Waals surface area contributed by atoms with Crippen molar-refractivity contribution in [2.45, 2.75) is 0 Å². The summed E-state index contributed by atoms with van der Waals surface area (Å²) < 4.78 is 5.37. The molecule has 0 radical (unpaired) electrons. The van der Waals surface area contributed by atoms with Crippen molar-refractivity contribution in [2.75, 3.05) is 17.2 Å². The molecule has 0 saturated carbocycles. The zero-order valence-electron chi connectivity index (χ0n) is 13.1. The van der Waals surface area contributed by atoms with E-state index in [4.69, 9.17) is 16.3 Å². The van der Waals surface area contributed by atoms with E-state index in [1.807, 2.05) is 30.3 Å². The average molecular weight is 355 g/mol. The maximum atomic E-state index is 11.9. The molecule has 7 heteroatoms. The first-order chi connectivity index (χ1) is 12.2. The summed E-state index contributed by atoms with van der Waals surface area (Å²) >= 11 is 5.79. The number of amides is 1. The maximum absolute atomic E-state index is 11.9. The van der Waals surface area contributed by atoms with Crippen LogP contribution in [0.5, 0.6) is 5.75 Å². The molecule has 0 bridgehead atoms. The van der Waals surface area contributed by atoms with Crippen LogP contribution >= 0.6 is 11.6 Å². The maximum Gasteiger partial charge on any atom is 0.263 e. The van der Waals surface area contributed by atoms with Crippen molar-refractivity contribution in [1.29, 1.82) is 0 Å². The highest BCUT2D eigenvalue weighted by molar-refractivity contribution is 6.30. The predicted octanol–water partition coefficient (Wildman–Crippen LogP) is 3.89. The minimum Gasteiger partial charge on any atom is -0.484 e. The third-order valence-corrected chi connectivity index (χ3v) is 3.41. The second-order valence-electron chi connectivity index (χ2n) is 5.09. The standard InChI is InChI=1S/C18H15ClN4O2/c19-13-6-8-15(9-7-13)25-12-18(24)21-17-11-10-16(22-23-17)20-14-4-2-1-3-5-14/h1-11H,12H2,(H,20,22)(H,21,23,24). The summed E-state index contributed by atoms with van der Waals surface area (Å²) in [5.74, 6) is 1.17. The van der Waals surface area contributed by atoms with Crippen LogP contribution in [0, 0.1) is 0 Å². The summed E-state index contributed by atoms with van der Waals surface area (Å²) in [7, 11) is 0. The number of benzene rings is 2. The lowest BCUT2D eigenvalue weighted by Crippen LogP contribution is -2.21. The van der Waals surface area contributed by atoms with E-state index in [9.17, 15) is 4.79 Å². The van der Waals surface area contributed by atoms with Gasteiger partial charge in [-0.3, -0.25) is 4.79 Å². The molecule has 2 aromatic carbocycles. The van der Waals surface area contributed by atoms with Crippen LogP contribution in [0.25, 0.3) is 0 Å². The van der Waals surface area contributed by atoms with Crippen LogP contribution in [0.15, 0.2) is 66.7 Å². The van der Waals surface area contributed by atoms with E-state index in [2.05, 4.69) is 20.8 Å². The molecule has 3 aromatic rings. The van der Waals surface area contributed by atoms with Crippen LogP contribution in [0.1, 0.15) is 0 Å². The fourth-order valence-corrected chi connectivity index (χ4v) is 2.12. The minimum atomic E-state index is -0.326. The van der Waals surface area contributed by atoms with Crippen molar-refractivity contribution in [2.24, 2.45) is 0 Å². The van der Waals surface area contributed by atoms with Gasteiger partial charge in [-0.2, -0.15) is 0 Å². The minimum absolute atomic E-state index is 0.132. The summed E-state index contributed by atoms with van der Waals surface area (Å²) in [6.45, 7) is -0.132. The summed E-state index contributed by atoms with van der Waals surface area (Å²) in [5, 5.41) is 14.3. The van der Waals surface area contributed by atoms with Gasteiger partial charge >= 0.3 is 0 Å². The number of halogens is 1. The highest BCUT2D eigenvalue weighted by Gasteiger charge is 2.06. The highest BCUT2D eigenvalue weighted by Crippen LogP contribution is 2.16. The number of aromatic nitrogens is 2. The highest BCUT2D eigenvalue weighted by atomic mass is 35.5. The Kier molecular flexibility index (Phi) is 5.43. The predicted molar refractivity (Wildman–Crippen MR) is 97.3 cm³/mol. The molecule has 0 aliphatic heterocycles. The Balaban J connectivity index is 1.50. The number of rotatable bonds is 6. The number of carbonyl (C=O) groups excluding carboxylic acids is 1. The van der Waals surface area contributed by atoms with Gasteiger partial charge < -0.3 is 15.4 Å². The summed E-state index contributed by atoms with van der Waals surface area (Å²) in [5.41, 5.74) is 0.907. The summed E-state index contributed by atoms with van der Waals surface area (Å²) in [6, 6.07) is 19.8. The normalized spacial score (nSPS) is 10.1. The molecule has 0 fully saturated rings. The van der Waals surface area contributed by atoms with Gasteiger partial charge in [0.15, 0.2) is 18.2 Å². The lowest BCUT2D eigenvalue weighted by Gasteiger charge is -2.08. The van der Waals surface area contributed by atoms with Crippen LogP contribution in [0.4, 0.5) is 17.3 Å². The fourth-order valence-electron chi connectivity index (χ4n) is 1.99. The molecule has 0 aliphatic carbocycles. The molecule has 126 valence electrons. The zero-order valence-corrected chi connectivity index (χ0v) is 13.9. The van der Waals surface area contributed by atoms with E-state index in [0.717, 1.165) is 5.69 Å². The smallest absolute Gasteiger partial charge is 0.263 e. The summed E-state index contributed by atoms with van der Waals surface area (Å²) in [6.07, 6.45) is 0.